The zero-order valence-corrected chi connectivity index (χ0v) is 6.83. The first kappa shape index (κ1) is 9.69. The Kier molecular flexibility index (Phi) is 5.99. The van der Waals surface area contributed by atoms with Gasteiger partial charge in [-0.1, -0.05) is 24.8 Å². The minimum atomic E-state index is 0.538. The van der Waals surface area contributed by atoms with Gasteiger partial charge in [0.1, 0.15) is 0 Å². The summed E-state index contributed by atoms with van der Waals surface area (Å²) in [6.45, 7) is 5.98. The SMILES string of the molecule is C=CC=NC/C(N)=C\C=C/C. The van der Waals surface area contributed by atoms with E-state index in [1.54, 1.807) is 12.3 Å². The van der Waals surface area contributed by atoms with E-state index in [1.165, 1.54) is 0 Å². The molecule has 0 aliphatic heterocycles. The highest BCUT2D eigenvalue weighted by molar-refractivity contribution is 5.70. The van der Waals surface area contributed by atoms with Crippen molar-refractivity contribution < 1.29 is 0 Å². The maximum atomic E-state index is 5.56. The standard InChI is InChI=1S/C9H14N2/c1-3-5-6-9(10)8-11-7-4-2/h3-7H,2,8,10H2,1H3/b5-3-,9-6+,11-7?. The van der Waals surface area contributed by atoms with E-state index in [9.17, 15) is 0 Å². The molecule has 60 valence electrons. The number of aliphatic imine (C=N–C) groups is 1. The van der Waals surface area contributed by atoms with Crippen LogP contribution in [-0.4, -0.2) is 12.8 Å². The Hall–Kier alpha value is -1.31. The van der Waals surface area contributed by atoms with E-state index in [4.69, 9.17) is 5.73 Å². The van der Waals surface area contributed by atoms with Gasteiger partial charge in [-0.3, -0.25) is 4.99 Å². The van der Waals surface area contributed by atoms with Crippen molar-refractivity contribution in [3.05, 3.63) is 36.6 Å². The van der Waals surface area contributed by atoms with Crippen molar-refractivity contribution in [3.8, 4) is 0 Å². The van der Waals surface area contributed by atoms with Gasteiger partial charge in [-0.25, -0.2) is 0 Å². The van der Waals surface area contributed by atoms with Crippen molar-refractivity contribution in [3.63, 3.8) is 0 Å². The predicted molar refractivity (Wildman–Crippen MR) is 50.6 cm³/mol. The molecule has 0 amide bonds. The summed E-state index contributed by atoms with van der Waals surface area (Å²) in [5, 5.41) is 0. The number of rotatable bonds is 4. The number of nitrogens with zero attached hydrogens (tertiary/aromatic N) is 1. The highest BCUT2D eigenvalue weighted by Gasteiger charge is 1.81. The van der Waals surface area contributed by atoms with Crippen LogP contribution in [0, 0.1) is 0 Å². The summed E-state index contributed by atoms with van der Waals surface area (Å²) in [6, 6.07) is 0. The molecule has 0 bridgehead atoms. The van der Waals surface area contributed by atoms with Crippen LogP contribution in [0.15, 0.2) is 41.6 Å². The molecule has 0 saturated heterocycles. The van der Waals surface area contributed by atoms with E-state index in [2.05, 4.69) is 11.6 Å². The molecule has 2 heteroatoms. The minimum absolute atomic E-state index is 0.538. The van der Waals surface area contributed by atoms with Crippen LogP contribution in [0.5, 0.6) is 0 Å². The van der Waals surface area contributed by atoms with Gasteiger partial charge in [-0.15, -0.1) is 0 Å². The third-order valence-corrected chi connectivity index (χ3v) is 0.987. The van der Waals surface area contributed by atoms with E-state index in [1.807, 2.05) is 25.2 Å². The molecule has 0 aliphatic rings. The lowest BCUT2D eigenvalue weighted by atomic mass is 10.4. The van der Waals surface area contributed by atoms with Crippen LogP contribution in [0.25, 0.3) is 0 Å². The number of allylic oxidation sites excluding steroid dienone is 4. The fourth-order valence-electron chi connectivity index (χ4n) is 0.505. The van der Waals surface area contributed by atoms with Crippen LogP contribution in [0.2, 0.25) is 0 Å². The molecule has 0 rings (SSSR count). The second-order valence-electron chi connectivity index (χ2n) is 1.99. The molecule has 2 N–H and O–H groups in total. The molecule has 0 spiro atoms. The summed E-state index contributed by atoms with van der Waals surface area (Å²) in [5.74, 6) is 0. The van der Waals surface area contributed by atoms with Crippen molar-refractivity contribution in [2.75, 3.05) is 6.54 Å². The molecular formula is C9H14N2. The van der Waals surface area contributed by atoms with Crippen molar-refractivity contribution in [2.24, 2.45) is 10.7 Å². The summed E-state index contributed by atoms with van der Waals surface area (Å²) in [7, 11) is 0. The van der Waals surface area contributed by atoms with Gasteiger partial charge in [0.25, 0.3) is 0 Å². The normalized spacial score (nSPS) is 13.0. The Morgan fingerprint density at radius 2 is 2.36 bits per heavy atom. The average molecular weight is 150 g/mol. The Morgan fingerprint density at radius 1 is 1.64 bits per heavy atom. The smallest absolute Gasteiger partial charge is 0.0784 e. The van der Waals surface area contributed by atoms with Crippen LogP contribution < -0.4 is 5.73 Å². The van der Waals surface area contributed by atoms with Gasteiger partial charge < -0.3 is 5.73 Å². The predicted octanol–water partition coefficient (Wildman–Crippen LogP) is 1.66. The second-order valence-corrected chi connectivity index (χ2v) is 1.99. The Labute approximate surface area is 67.8 Å². The largest absolute Gasteiger partial charge is 0.401 e. The fourth-order valence-corrected chi connectivity index (χ4v) is 0.505. The van der Waals surface area contributed by atoms with Gasteiger partial charge in [0, 0.05) is 11.9 Å². The van der Waals surface area contributed by atoms with Crippen molar-refractivity contribution in [1.29, 1.82) is 0 Å². The summed E-state index contributed by atoms with van der Waals surface area (Å²) in [6.07, 6.45) is 8.91. The van der Waals surface area contributed by atoms with Crippen LogP contribution in [-0.2, 0) is 0 Å². The van der Waals surface area contributed by atoms with Crippen LogP contribution >= 0.6 is 0 Å². The molecule has 0 aromatic rings. The molecule has 0 saturated carbocycles. The van der Waals surface area contributed by atoms with Gasteiger partial charge in [-0.2, -0.15) is 0 Å². The van der Waals surface area contributed by atoms with Crippen LogP contribution in [0.1, 0.15) is 6.92 Å². The van der Waals surface area contributed by atoms with Gasteiger partial charge in [0.15, 0.2) is 0 Å². The molecule has 0 aromatic heterocycles. The lowest BCUT2D eigenvalue weighted by Crippen LogP contribution is -1.99. The third kappa shape index (κ3) is 6.58. The number of hydrogen-bond donors (Lipinski definition) is 1. The monoisotopic (exact) mass is 150 g/mol. The first-order chi connectivity index (χ1) is 5.31. The second kappa shape index (κ2) is 6.81. The molecule has 0 atom stereocenters. The summed E-state index contributed by atoms with van der Waals surface area (Å²) < 4.78 is 0. The van der Waals surface area contributed by atoms with Crippen LogP contribution in [0.3, 0.4) is 0 Å². The molecule has 2 nitrogen and oxygen atoms in total. The maximum Gasteiger partial charge on any atom is 0.0784 e. The van der Waals surface area contributed by atoms with E-state index < -0.39 is 0 Å². The van der Waals surface area contributed by atoms with E-state index in [0.717, 1.165) is 5.70 Å². The Morgan fingerprint density at radius 3 is 2.91 bits per heavy atom. The number of hydrogen-bond acceptors (Lipinski definition) is 2. The number of nitrogens with two attached hydrogens (primary N) is 1. The minimum Gasteiger partial charge on any atom is -0.401 e. The van der Waals surface area contributed by atoms with Gasteiger partial charge >= 0.3 is 0 Å². The van der Waals surface area contributed by atoms with E-state index >= 15 is 0 Å². The molecule has 0 heterocycles. The lowest BCUT2D eigenvalue weighted by molar-refractivity contribution is 1.11. The highest BCUT2D eigenvalue weighted by Crippen LogP contribution is 1.85. The first-order valence-electron chi connectivity index (χ1n) is 3.49. The molecule has 0 aromatic carbocycles. The van der Waals surface area contributed by atoms with Gasteiger partial charge in [0.2, 0.25) is 0 Å². The maximum absolute atomic E-state index is 5.56. The van der Waals surface area contributed by atoms with Gasteiger partial charge in [0.05, 0.1) is 6.54 Å². The lowest BCUT2D eigenvalue weighted by Gasteiger charge is -1.91. The van der Waals surface area contributed by atoms with Crippen molar-refractivity contribution in [2.45, 2.75) is 6.92 Å². The molecule has 0 aliphatic carbocycles. The third-order valence-electron chi connectivity index (χ3n) is 0.987. The van der Waals surface area contributed by atoms with Crippen molar-refractivity contribution >= 4 is 6.21 Å². The molecule has 11 heavy (non-hydrogen) atoms. The highest BCUT2D eigenvalue weighted by atomic mass is 14.8. The molecule has 0 radical (unpaired) electrons. The summed E-state index contributed by atoms with van der Waals surface area (Å²) >= 11 is 0. The average Bonchev–Trinajstić information content (AvgIpc) is 2.01. The Bertz CT molecular complexity index is 188. The Balaban J connectivity index is 3.76. The van der Waals surface area contributed by atoms with Gasteiger partial charge in [-0.05, 0) is 13.0 Å². The van der Waals surface area contributed by atoms with Crippen molar-refractivity contribution in [1.82, 2.24) is 0 Å². The summed E-state index contributed by atoms with van der Waals surface area (Å²) in [4.78, 5) is 3.97. The molecule has 0 fully saturated rings. The quantitative estimate of drug-likeness (QED) is 0.480. The van der Waals surface area contributed by atoms with Crippen LogP contribution in [0.4, 0.5) is 0 Å². The zero-order chi connectivity index (χ0) is 8.53. The first-order valence-corrected chi connectivity index (χ1v) is 3.49. The molecular weight excluding hydrogens is 136 g/mol. The zero-order valence-electron chi connectivity index (χ0n) is 6.83. The fraction of sp³-hybridized carbons (Fsp3) is 0.222. The topological polar surface area (TPSA) is 38.4 Å². The van der Waals surface area contributed by atoms with E-state index in [-0.39, 0.29) is 0 Å². The molecule has 0 unspecified atom stereocenters. The summed E-state index contributed by atoms with van der Waals surface area (Å²) in [5.41, 5.74) is 6.31. The van der Waals surface area contributed by atoms with E-state index in [0.29, 0.717) is 6.54 Å².